The summed E-state index contributed by atoms with van der Waals surface area (Å²) < 4.78 is 0.887. The Kier molecular flexibility index (Phi) is 3.72. The SMILES string of the molecule is Cc1cc(C(=O)N(C)c2ncc(Br)s2)c(C)nn1. The quantitative estimate of drug-likeness (QED) is 0.851. The Labute approximate surface area is 117 Å². The number of anilines is 1. The van der Waals surface area contributed by atoms with E-state index in [1.54, 1.807) is 26.2 Å². The van der Waals surface area contributed by atoms with Crippen LogP contribution in [0.25, 0.3) is 0 Å². The first kappa shape index (κ1) is 13.1. The summed E-state index contributed by atoms with van der Waals surface area (Å²) in [6.45, 7) is 3.58. The number of thiazole rings is 1. The average molecular weight is 327 g/mol. The molecule has 0 unspecified atom stereocenters. The van der Waals surface area contributed by atoms with Crippen molar-refractivity contribution in [2.24, 2.45) is 0 Å². The Morgan fingerprint density at radius 3 is 2.72 bits per heavy atom. The van der Waals surface area contributed by atoms with Gasteiger partial charge >= 0.3 is 0 Å². The lowest BCUT2D eigenvalue weighted by Crippen LogP contribution is -2.27. The second-order valence-electron chi connectivity index (χ2n) is 3.80. The van der Waals surface area contributed by atoms with Crippen LogP contribution in [0, 0.1) is 13.8 Å². The van der Waals surface area contributed by atoms with E-state index in [4.69, 9.17) is 0 Å². The van der Waals surface area contributed by atoms with Crippen LogP contribution in [0.2, 0.25) is 0 Å². The van der Waals surface area contributed by atoms with E-state index < -0.39 is 0 Å². The molecule has 0 atom stereocenters. The maximum Gasteiger partial charge on any atom is 0.261 e. The molecule has 2 aromatic heterocycles. The number of amides is 1. The number of hydrogen-bond donors (Lipinski definition) is 0. The van der Waals surface area contributed by atoms with Crippen LogP contribution in [-0.4, -0.2) is 28.1 Å². The van der Waals surface area contributed by atoms with Crippen LogP contribution in [0.4, 0.5) is 5.13 Å². The zero-order valence-electron chi connectivity index (χ0n) is 10.1. The van der Waals surface area contributed by atoms with E-state index in [-0.39, 0.29) is 5.91 Å². The molecule has 0 saturated heterocycles. The van der Waals surface area contributed by atoms with Gasteiger partial charge in [0.15, 0.2) is 5.13 Å². The minimum absolute atomic E-state index is 0.132. The molecule has 7 heteroatoms. The fourth-order valence-electron chi connectivity index (χ4n) is 1.43. The minimum Gasteiger partial charge on any atom is -0.287 e. The molecule has 2 rings (SSSR count). The van der Waals surface area contributed by atoms with Crippen LogP contribution in [0.5, 0.6) is 0 Å². The number of halogens is 1. The molecule has 0 spiro atoms. The Bertz CT molecular complexity index is 598. The number of rotatable bonds is 2. The number of nitrogens with zero attached hydrogens (tertiary/aromatic N) is 4. The molecule has 0 aromatic carbocycles. The molecule has 2 heterocycles. The first-order chi connectivity index (χ1) is 8.49. The highest BCUT2D eigenvalue weighted by Crippen LogP contribution is 2.27. The molecule has 0 aliphatic carbocycles. The summed E-state index contributed by atoms with van der Waals surface area (Å²) >= 11 is 4.73. The molecule has 0 N–H and O–H groups in total. The first-order valence-electron chi connectivity index (χ1n) is 5.19. The maximum absolute atomic E-state index is 12.3. The maximum atomic E-state index is 12.3. The Morgan fingerprint density at radius 2 is 2.11 bits per heavy atom. The molecule has 0 bridgehead atoms. The lowest BCUT2D eigenvalue weighted by atomic mass is 10.2. The lowest BCUT2D eigenvalue weighted by molar-refractivity contribution is 0.0991. The molecule has 0 saturated carbocycles. The van der Waals surface area contributed by atoms with Crippen LogP contribution < -0.4 is 4.90 Å². The van der Waals surface area contributed by atoms with E-state index >= 15 is 0 Å². The Balaban J connectivity index is 2.33. The fraction of sp³-hybridized carbons (Fsp3) is 0.273. The number of aromatic nitrogens is 3. The molecule has 0 fully saturated rings. The molecule has 94 valence electrons. The van der Waals surface area contributed by atoms with Crippen molar-refractivity contribution < 1.29 is 4.79 Å². The third-order valence-electron chi connectivity index (χ3n) is 2.39. The molecule has 1 amide bonds. The molecular formula is C11H11BrN4OS. The second kappa shape index (κ2) is 5.11. The van der Waals surface area contributed by atoms with Gasteiger partial charge in [-0.15, -0.1) is 0 Å². The molecule has 2 aromatic rings. The average Bonchev–Trinajstić information content (AvgIpc) is 2.77. The van der Waals surface area contributed by atoms with Gasteiger partial charge < -0.3 is 0 Å². The normalized spacial score (nSPS) is 10.4. The standard InChI is InChI=1S/C11H11BrN4OS/c1-6-4-8(7(2)15-14-6)10(17)16(3)11-13-5-9(12)18-11/h4-5H,1-3H3. The predicted molar refractivity (Wildman–Crippen MR) is 74.1 cm³/mol. The van der Waals surface area contributed by atoms with Gasteiger partial charge in [0.2, 0.25) is 0 Å². The van der Waals surface area contributed by atoms with Crippen LogP contribution in [0.1, 0.15) is 21.7 Å². The summed E-state index contributed by atoms with van der Waals surface area (Å²) in [4.78, 5) is 18.0. The monoisotopic (exact) mass is 326 g/mol. The highest BCUT2D eigenvalue weighted by atomic mass is 79.9. The molecule has 0 aliphatic rings. The van der Waals surface area contributed by atoms with Gasteiger partial charge in [-0.25, -0.2) is 4.98 Å². The van der Waals surface area contributed by atoms with E-state index in [0.717, 1.165) is 9.48 Å². The Hall–Kier alpha value is -1.34. The summed E-state index contributed by atoms with van der Waals surface area (Å²) in [5, 5.41) is 8.51. The van der Waals surface area contributed by atoms with Gasteiger partial charge in [-0.2, -0.15) is 10.2 Å². The van der Waals surface area contributed by atoms with E-state index in [1.807, 2.05) is 6.92 Å². The number of carbonyl (C=O) groups is 1. The van der Waals surface area contributed by atoms with Crippen molar-refractivity contribution in [3.05, 3.63) is 33.0 Å². The van der Waals surface area contributed by atoms with E-state index in [9.17, 15) is 4.79 Å². The van der Waals surface area contributed by atoms with Gasteiger partial charge in [0.25, 0.3) is 5.91 Å². The van der Waals surface area contributed by atoms with Crippen molar-refractivity contribution in [3.8, 4) is 0 Å². The van der Waals surface area contributed by atoms with Crippen LogP contribution in [0.3, 0.4) is 0 Å². The van der Waals surface area contributed by atoms with Gasteiger partial charge in [-0.3, -0.25) is 9.69 Å². The third-order valence-corrected chi connectivity index (χ3v) is 3.94. The molecule has 5 nitrogen and oxygen atoms in total. The second-order valence-corrected chi connectivity index (χ2v) is 6.18. The van der Waals surface area contributed by atoms with Crippen molar-refractivity contribution in [1.29, 1.82) is 0 Å². The van der Waals surface area contributed by atoms with Gasteiger partial charge in [-0.1, -0.05) is 11.3 Å². The summed E-state index contributed by atoms with van der Waals surface area (Å²) in [6, 6.07) is 1.74. The van der Waals surface area contributed by atoms with E-state index in [0.29, 0.717) is 16.4 Å². The topological polar surface area (TPSA) is 59.0 Å². The zero-order valence-corrected chi connectivity index (χ0v) is 12.5. The highest BCUT2D eigenvalue weighted by molar-refractivity contribution is 9.11. The lowest BCUT2D eigenvalue weighted by Gasteiger charge is -2.14. The summed E-state index contributed by atoms with van der Waals surface area (Å²) in [5.74, 6) is -0.132. The van der Waals surface area contributed by atoms with Gasteiger partial charge in [0.05, 0.1) is 26.9 Å². The summed E-state index contributed by atoms with van der Waals surface area (Å²) in [5.41, 5.74) is 1.89. The van der Waals surface area contributed by atoms with Crippen molar-refractivity contribution in [1.82, 2.24) is 15.2 Å². The largest absolute Gasteiger partial charge is 0.287 e. The van der Waals surface area contributed by atoms with Crippen molar-refractivity contribution in [2.75, 3.05) is 11.9 Å². The molecule has 18 heavy (non-hydrogen) atoms. The summed E-state index contributed by atoms with van der Waals surface area (Å²) in [6.07, 6.45) is 1.67. The molecular weight excluding hydrogens is 316 g/mol. The highest BCUT2D eigenvalue weighted by Gasteiger charge is 2.19. The van der Waals surface area contributed by atoms with Gasteiger partial charge in [-0.05, 0) is 35.8 Å². The van der Waals surface area contributed by atoms with Crippen molar-refractivity contribution >= 4 is 38.3 Å². The fourth-order valence-corrected chi connectivity index (χ4v) is 2.58. The third kappa shape index (κ3) is 2.56. The first-order valence-corrected chi connectivity index (χ1v) is 6.80. The van der Waals surface area contributed by atoms with Gasteiger partial charge in [0, 0.05) is 7.05 Å². The van der Waals surface area contributed by atoms with Crippen LogP contribution in [-0.2, 0) is 0 Å². The predicted octanol–water partition coefficient (Wildman–Crippen LogP) is 2.59. The van der Waals surface area contributed by atoms with Crippen molar-refractivity contribution in [3.63, 3.8) is 0 Å². The van der Waals surface area contributed by atoms with E-state index in [2.05, 4.69) is 31.1 Å². The minimum atomic E-state index is -0.132. The number of aryl methyl sites for hydroxylation is 2. The van der Waals surface area contributed by atoms with Crippen LogP contribution in [0.15, 0.2) is 16.0 Å². The zero-order chi connectivity index (χ0) is 13.3. The molecule has 0 aliphatic heterocycles. The smallest absolute Gasteiger partial charge is 0.261 e. The summed E-state index contributed by atoms with van der Waals surface area (Å²) in [7, 11) is 1.70. The van der Waals surface area contributed by atoms with Crippen molar-refractivity contribution in [2.45, 2.75) is 13.8 Å². The van der Waals surface area contributed by atoms with Crippen LogP contribution >= 0.6 is 27.3 Å². The molecule has 0 radical (unpaired) electrons. The van der Waals surface area contributed by atoms with Gasteiger partial charge in [0.1, 0.15) is 0 Å². The van der Waals surface area contributed by atoms with E-state index in [1.165, 1.54) is 16.2 Å². The number of hydrogen-bond acceptors (Lipinski definition) is 5. The number of carbonyl (C=O) groups excluding carboxylic acids is 1. The Morgan fingerprint density at radius 1 is 1.39 bits per heavy atom.